The van der Waals surface area contributed by atoms with Crippen LogP contribution in [0.25, 0.3) is 34.4 Å². The molecule has 166 valence electrons. The summed E-state index contributed by atoms with van der Waals surface area (Å²) in [6.07, 6.45) is 12.7. The molecule has 7 rings (SSSR count). The van der Waals surface area contributed by atoms with Crippen molar-refractivity contribution < 1.29 is 0 Å². The van der Waals surface area contributed by atoms with E-state index in [0.29, 0.717) is 0 Å². The topological polar surface area (TPSA) is 12.0 Å². The molecule has 0 saturated heterocycles. The Morgan fingerprint density at radius 2 is 0.743 bits per heavy atom. The Hall–Kier alpha value is -4.80. The molecule has 5 aromatic rings. The largest absolute Gasteiger partial charge is 0.356 e. The second-order valence-corrected chi connectivity index (χ2v) is 8.31. The normalized spacial score (nSPS) is 10.9. The fourth-order valence-corrected chi connectivity index (χ4v) is 4.67. The van der Waals surface area contributed by atoms with Gasteiger partial charge in [0.05, 0.1) is 0 Å². The number of fused-ring (bicyclic) bond motifs is 7. The summed E-state index contributed by atoms with van der Waals surface area (Å²) >= 11 is 0. The number of para-hydroxylation sites is 2. The average Bonchev–Trinajstić information content (AvgIpc) is 3.50. The highest BCUT2D eigenvalue weighted by atomic mass is 14.9. The fraction of sp³-hybridized carbons (Fsp3) is 0. The molecule has 1 heteroatoms. The third kappa shape index (κ3) is 4.38. The monoisotopic (exact) mass is 447 g/mol. The van der Waals surface area contributed by atoms with Gasteiger partial charge in [0.15, 0.2) is 0 Å². The Labute approximate surface area is 206 Å². The van der Waals surface area contributed by atoms with Crippen LogP contribution in [0, 0.1) is 12.8 Å². The van der Waals surface area contributed by atoms with E-state index in [1.165, 1.54) is 43.8 Å². The fourth-order valence-electron chi connectivity index (χ4n) is 4.67. The lowest BCUT2D eigenvalue weighted by molar-refractivity contribution is 1.54. The second kappa shape index (κ2) is 10.00. The summed E-state index contributed by atoms with van der Waals surface area (Å²) in [5.41, 5.74) is 10.3. The SMILES string of the molecule is C#C.C1=c2c(ccc3c2=Cc2ccccc2-3)-c2ccccc21.c1ccc(Nc2ccccc2)cc1. The van der Waals surface area contributed by atoms with Gasteiger partial charge in [-0.15, -0.1) is 12.8 Å². The third-order valence-electron chi connectivity index (χ3n) is 6.23. The maximum absolute atomic E-state index is 4.00. The molecular formula is C34H25N. The van der Waals surface area contributed by atoms with Gasteiger partial charge < -0.3 is 5.32 Å². The standard InChI is InChI=1S/C20H12.C12H11N.C2H2/c1-3-7-15-13(5-1)11-19-17(15)9-10-18-16-8-4-2-6-14(16)12-20(18)19;1-3-7-11(8-4-1)13-12-9-5-2-6-10-12;1-2/h1-12H;1-10,13H;1-2H. The van der Waals surface area contributed by atoms with Crippen LogP contribution < -0.4 is 15.8 Å². The first kappa shape index (κ1) is 22.0. The molecule has 0 heterocycles. The highest BCUT2D eigenvalue weighted by molar-refractivity contribution is 5.89. The molecule has 0 radical (unpaired) electrons. The van der Waals surface area contributed by atoms with Gasteiger partial charge in [0.25, 0.3) is 0 Å². The van der Waals surface area contributed by atoms with Crippen LogP contribution in [0.4, 0.5) is 11.4 Å². The summed E-state index contributed by atoms with van der Waals surface area (Å²) < 4.78 is 0. The Kier molecular flexibility index (Phi) is 6.29. The van der Waals surface area contributed by atoms with E-state index in [4.69, 9.17) is 0 Å². The second-order valence-electron chi connectivity index (χ2n) is 8.31. The molecule has 0 fully saturated rings. The van der Waals surface area contributed by atoms with Crippen LogP contribution >= 0.6 is 0 Å². The van der Waals surface area contributed by atoms with Crippen LogP contribution in [-0.4, -0.2) is 0 Å². The molecule has 0 amide bonds. The number of anilines is 2. The van der Waals surface area contributed by atoms with Crippen molar-refractivity contribution >= 4 is 23.5 Å². The van der Waals surface area contributed by atoms with Gasteiger partial charge in [-0.25, -0.2) is 0 Å². The molecule has 1 N–H and O–H groups in total. The van der Waals surface area contributed by atoms with Crippen LogP contribution in [-0.2, 0) is 0 Å². The Bertz CT molecular complexity index is 1490. The van der Waals surface area contributed by atoms with E-state index in [-0.39, 0.29) is 0 Å². The number of benzene rings is 5. The molecule has 0 unspecified atom stereocenters. The molecule has 0 saturated carbocycles. The molecule has 5 aromatic carbocycles. The smallest absolute Gasteiger partial charge is 0.0384 e. The Balaban J connectivity index is 0.000000147. The molecule has 0 spiro atoms. The summed E-state index contributed by atoms with van der Waals surface area (Å²) in [6, 6.07) is 42.1. The minimum absolute atomic E-state index is 1.12. The van der Waals surface area contributed by atoms with Gasteiger partial charge in [0.2, 0.25) is 0 Å². The molecule has 0 aliphatic heterocycles. The predicted octanol–water partition coefficient (Wildman–Crippen LogP) is 6.98. The number of hydrogen-bond donors (Lipinski definition) is 1. The van der Waals surface area contributed by atoms with Gasteiger partial charge in [-0.1, -0.05) is 97.1 Å². The van der Waals surface area contributed by atoms with E-state index < -0.39 is 0 Å². The van der Waals surface area contributed by atoms with Gasteiger partial charge in [0.1, 0.15) is 0 Å². The van der Waals surface area contributed by atoms with Crippen LogP contribution in [0.1, 0.15) is 11.1 Å². The van der Waals surface area contributed by atoms with E-state index in [1.54, 1.807) is 0 Å². The van der Waals surface area contributed by atoms with E-state index in [2.05, 4.69) is 91.0 Å². The van der Waals surface area contributed by atoms with Crippen LogP contribution in [0.15, 0.2) is 121 Å². The number of nitrogens with one attached hydrogen (secondary N) is 1. The summed E-state index contributed by atoms with van der Waals surface area (Å²) in [5, 5.41) is 6.05. The molecular weight excluding hydrogens is 422 g/mol. The lowest BCUT2D eigenvalue weighted by Gasteiger charge is -2.04. The summed E-state index contributed by atoms with van der Waals surface area (Å²) in [5.74, 6) is 0. The van der Waals surface area contributed by atoms with Crippen molar-refractivity contribution in [2.24, 2.45) is 0 Å². The third-order valence-corrected chi connectivity index (χ3v) is 6.23. The van der Waals surface area contributed by atoms with Gasteiger partial charge in [-0.2, -0.15) is 0 Å². The zero-order valence-corrected chi connectivity index (χ0v) is 19.4. The number of terminal acetylenes is 1. The Morgan fingerprint density at radius 3 is 1.17 bits per heavy atom. The van der Waals surface area contributed by atoms with Gasteiger partial charge in [-0.05, 0) is 80.2 Å². The lowest BCUT2D eigenvalue weighted by Crippen LogP contribution is -2.25. The predicted molar refractivity (Wildman–Crippen MR) is 150 cm³/mol. The van der Waals surface area contributed by atoms with Crippen molar-refractivity contribution in [1.82, 2.24) is 0 Å². The van der Waals surface area contributed by atoms with E-state index in [1.807, 2.05) is 60.7 Å². The van der Waals surface area contributed by atoms with Crippen molar-refractivity contribution in [2.75, 3.05) is 5.32 Å². The summed E-state index contributed by atoms with van der Waals surface area (Å²) in [4.78, 5) is 0. The molecule has 0 atom stereocenters. The molecule has 0 bridgehead atoms. The van der Waals surface area contributed by atoms with Gasteiger partial charge >= 0.3 is 0 Å². The first-order valence-electron chi connectivity index (χ1n) is 11.6. The molecule has 35 heavy (non-hydrogen) atoms. The first-order valence-corrected chi connectivity index (χ1v) is 11.6. The van der Waals surface area contributed by atoms with Crippen LogP contribution in [0.5, 0.6) is 0 Å². The summed E-state index contributed by atoms with van der Waals surface area (Å²) in [6.45, 7) is 0. The van der Waals surface area contributed by atoms with Crippen molar-refractivity contribution in [3.05, 3.63) is 143 Å². The van der Waals surface area contributed by atoms with Crippen molar-refractivity contribution in [2.45, 2.75) is 0 Å². The van der Waals surface area contributed by atoms with Crippen LogP contribution in [0.3, 0.4) is 0 Å². The zero-order valence-electron chi connectivity index (χ0n) is 19.4. The molecule has 1 nitrogen and oxygen atoms in total. The van der Waals surface area contributed by atoms with E-state index >= 15 is 0 Å². The summed E-state index contributed by atoms with van der Waals surface area (Å²) in [7, 11) is 0. The van der Waals surface area contributed by atoms with Crippen molar-refractivity contribution in [1.29, 1.82) is 0 Å². The minimum atomic E-state index is 1.12. The maximum atomic E-state index is 4.00. The molecule has 2 aliphatic carbocycles. The first-order chi connectivity index (χ1) is 17.4. The number of hydrogen-bond acceptors (Lipinski definition) is 1. The molecule has 0 aromatic heterocycles. The van der Waals surface area contributed by atoms with Gasteiger partial charge in [-0.3, -0.25) is 0 Å². The van der Waals surface area contributed by atoms with Gasteiger partial charge in [0, 0.05) is 11.4 Å². The van der Waals surface area contributed by atoms with E-state index in [9.17, 15) is 0 Å². The quantitative estimate of drug-likeness (QED) is 0.282. The van der Waals surface area contributed by atoms with E-state index in [0.717, 1.165) is 11.4 Å². The number of rotatable bonds is 2. The average molecular weight is 448 g/mol. The van der Waals surface area contributed by atoms with Crippen molar-refractivity contribution in [3.63, 3.8) is 0 Å². The highest BCUT2D eigenvalue weighted by Gasteiger charge is 2.17. The molecule has 2 aliphatic rings. The lowest BCUT2D eigenvalue weighted by atomic mass is 10.0. The van der Waals surface area contributed by atoms with Crippen LogP contribution in [0.2, 0.25) is 0 Å². The highest BCUT2D eigenvalue weighted by Crippen LogP contribution is 2.30. The minimum Gasteiger partial charge on any atom is -0.356 e. The maximum Gasteiger partial charge on any atom is 0.0384 e. The zero-order chi connectivity index (χ0) is 24.0. The van der Waals surface area contributed by atoms with Crippen molar-refractivity contribution in [3.8, 4) is 35.1 Å². The Morgan fingerprint density at radius 1 is 0.371 bits per heavy atom.